The summed E-state index contributed by atoms with van der Waals surface area (Å²) in [6, 6.07) is 10.9. The minimum absolute atomic E-state index is 0.155. The molecule has 0 N–H and O–H groups in total. The molecular weight excluding hydrogens is 330 g/mol. The number of anilines is 1. The Hall–Kier alpha value is -2.54. The summed E-state index contributed by atoms with van der Waals surface area (Å²) in [5.41, 5.74) is 1.50. The summed E-state index contributed by atoms with van der Waals surface area (Å²) >= 11 is 0. The monoisotopic (exact) mass is 349 g/mol. The second-order valence-corrected chi connectivity index (χ2v) is 7.11. The predicted molar refractivity (Wildman–Crippen MR) is 91.1 cm³/mol. The lowest BCUT2D eigenvalue weighted by atomic mass is 10.1. The van der Waals surface area contributed by atoms with Crippen LogP contribution in [0.5, 0.6) is 5.75 Å². The highest BCUT2D eigenvalue weighted by molar-refractivity contribution is 7.92. The van der Waals surface area contributed by atoms with E-state index < -0.39 is 16.0 Å². The zero-order valence-corrected chi connectivity index (χ0v) is 14.8. The van der Waals surface area contributed by atoms with E-state index in [2.05, 4.69) is 4.74 Å². The molecule has 0 radical (unpaired) electrons. The second kappa shape index (κ2) is 6.92. The zero-order chi connectivity index (χ0) is 17.9. The summed E-state index contributed by atoms with van der Waals surface area (Å²) in [6.45, 7) is 1.74. The first-order valence-electron chi connectivity index (χ1n) is 7.13. The normalized spacial score (nSPS) is 11.0. The lowest BCUT2D eigenvalue weighted by Crippen LogP contribution is -2.27. The van der Waals surface area contributed by atoms with Gasteiger partial charge in [0.15, 0.2) is 0 Å². The molecule has 0 aromatic heterocycles. The van der Waals surface area contributed by atoms with Crippen molar-refractivity contribution < 1.29 is 22.7 Å². The van der Waals surface area contributed by atoms with Crippen molar-refractivity contribution in [2.75, 3.05) is 25.6 Å². The van der Waals surface area contributed by atoms with Crippen LogP contribution in [0.4, 0.5) is 5.69 Å². The summed E-state index contributed by atoms with van der Waals surface area (Å²) in [6.07, 6.45) is 0. The highest BCUT2D eigenvalue weighted by atomic mass is 32.2. The molecule has 2 aromatic carbocycles. The maximum absolute atomic E-state index is 12.8. The van der Waals surface area contributed by atoms with E-state index in [-0.39, 0.29) is 4.90 Å². The van der Waals surface area contributed by atoms with E-state index in [1.165, 1.54) is 43.8 Å². The number of ether oxygens (including phenoxy) is 2. The Morgan fingerprint density at radius 1 is 1.04 bits per heavy atom. The first-order valence-corrected chi connectivity index (χ1v) is 8.57. The quantitative estimate of drug-likeness (QED) is 0.776. The van der Waals surface area contributed by atoms with Gasteiger partial charge in [0, 0.05) is 7.05 Å². The molecule has 0 heterocycles. The van der Waals surface area contributed by atoms with Crippen LogP contribution in [0.3, 0.4) is 0 Å². The standard InChI is InChI=1S/C17H19NO5S/c1-12-11-13(17(19)23-4)5-10-16(12)18(2)24(20,21)15-8-6-14(22-3)7-9-15/h5-11H,1-4H3. The van der Waals surface area contributed by atoms with Crippen LogP contribution in [0, 0.1) is 6.92 Å². The van der Waals surface area contributed by atoms with Crippen molar-refractivity contribution in [3.63, 3.8) is 0 Å². The Balaban J connectivity index is 2.39. The number of benzene rings is 2. The summed E-state index contributed by atoms with van der Waals surface area (Å²) in [4.78, 5) is 11.7. The molecule has 7 heteroatoms. The smallest absolute Gasteiger partial charge is 0.337 e. The third-order valence-corrected chi connectivity index (χ3v) is 5.46. The van der Waals surface area contributed by atoms with Crippen LogP contribution in [-0.4, -0.2) is 35.7 Å². The van der Waals surface area contributed by atoms with E-state index in [4.69, 9.17) is 4.74 Å². The van der Waals surface area contributed by atoms with Gasteiger partial charge in [-0.2, -0.15) is 0 Å². The molecule has 0 spiro atoms. The molecule has 0 aliphatic rings. The first kappa shape index (κ1) is 17.8. The van der Waals surface area contributed by atoms with Crippen molar-refractivity contribution in [2.45, 2.75) is 11.8 Å². The summed E-state index contributed by atoms with van der Waals surface area (Å²) in [5, 5.41) is 0. The number of carbonyl (C=O) groups excluding carboxylic acids is 1. The SMILES string of the molecule is COC(=O)c1ccc(N(C)S(=O)(=O)c2ccc(OC)cc2)c(C)c1. The van der Waals surface area contributed by atoms with Gasteiger partial charge in [-0.1, -0.05) is 0 Å². The molecule has 128 valence electrons. The highest BCUT2D eigenvalue weighted by Gasteiger charge is 2.23. The van der Waals surface area contributed by atoms with Gasteiger partial charge in [-0.3, -0.25) is 4.31 Å². The van der Waals surface area contributed by atoms with Crippen molar-refractivity contribution in [3.05, 3.63) is 53.6 Å². The first-order chi connectivity index (χ1) is 11.3. The maximum atomic E-state index is 12.8. The van der Waals surface area contributed by atoms with Crippen LogP contribution < -0.4 is 9.04 Å². The average Bonchev–Trinajstić information content (AvgIpc) is 2.60. The highest BCUT2D eigenvalue weighted by Crippen LogP contribution is 2.27. The van der Waals surface area contributed by atoms with Gasteiger partial charge in [0.2, 0.25) is 0 Å². The minimum atomic E-state index is -3.72. The minimum Gasteiger partial charge on any atom is -0.497 e. The molecule has 2 aromatic rings. The number of rotatable bonds is 5. The van der Waals surface area contributed by atoms with E-state index in [0.29, 0.717) is 22.6 Å². The molecule has 0 aliphatic heterocycles. The number of carbonyl (C=O) groups is 1. The molecule has 0 saturated heterocycles. The van der Waals surface area contributed by atoms with E-state index in [1.807, 2.05) is 0 Å². The van der Waals surface area contributed by atoms with Crippen molar-refractivity contribution in [2.24, 2.45) is 0 Å². The second-order valence-electron chi connectivity index (χ2n) is 5.14. The van der Waals surface area contributed by atoms with Gasteiger partial charge in [0.25, 0.3) is 10.0 Å². The molecule has 0 unspecified atom stereocenters. The van der Waals surface area contributed by atoms with E-state index in [1.54, 1.807) is 31.2 Å². The number of sulfonamides is 1. The number of hydrogen-bond acceptors (Lipinski definition) is 5. The third-order valence-electron chi connectivity index (χ3n) is 3.67. The topological polar surface area (TPSA) is 72.9 Å². The van der Waals surface area contributed by atoms with Crippen molar-refractivity contribution in [3.8, 4) is 5.75 Å². The summed E-state index contributed by atoms with van der Waals surface area (Å²) in [7, 11) is 0.569. The molecule has 2 rings (SSSR count). The predicted octanol–water partition coefficient (Wildman–Crippen LogP) is 2.62. The Labute approximate surface area is 141 Å². The van der Waals surface area contributed by atoms with Gasteiger partial charge >= 0.3 is 5.97 Å². The molecule has 0 bridgehead atoms. The largest absolute Gasteiger partial charge is 0.497 e. The van der Waals surface area contributed by atoms with E-state index >= 15 is 0 Å². The fourth-order valence-electron chi connectivity index (χ4n) is 2.29. The van der Waals surface area contributed by atoms with Crippen LogP contribution in [0.2, 0.25) is 0 Å². The van der Waals surface area contributed by atoms with Crippen LogP contribution in [0.25, 0.3) is 0 Å². The molecule has 0 aliphatic carbocycles. The molecule has 0 amide bonds. The fourth-order valence-corrected chi connectivity index (χ4v) is 3.55. The van der Waals surface area contributed by atoms with Crippen molar-refractivity contribution in [1.82, 2.24) is 0 Å². The van der Waals surface area contributed by atoms with Crippen molar-refractivity contribution in [1.29, 1.82) is 0 Å². The Morgan fingerprint density at radius 2 is 1.67 bits per heavy atom. The fraction of sp³-hybridized carbons (Fsp3) is 0.235. The van der Waals surface area contributed by atoms with Crippen LogP contribution in [-0.2, 0) is 14.8 Å². The number of methoxy groups -OCH3 is 2. The number of nitrogens with zero attached hydrogens (tertiary/aromatic N) is 1. The maximum Gasteiger partial charge on any atom is 0.337 e. The van der Waals surface area contributed by atoms with Crippen molar-refractivity contribution >= 4 is 21.7 Å². The number of hydrogen-bond donors (Lipinski definition) is 0. The van der Waals surface area contributed by atoms with Crippen LogP contribution in [0.15, 0.2) is 47.4 Å². The Kier molecular flexibility index (Phi) is 5.14. The number of aryl methyl sites for hydroxylation is 1. The van der Waals surface area contributed by atoms with Gasteiger partial charge in [-0.25, -0.2) is 13.2 Å². The molecule has 0 fully saturated rings. The van der Waals surface area contributed by atoms with Gasteiger partial charge < -0.3 is 9.47 Å². The Morgan fingerprint density at radius 3 is 2.17 bits per heavy atom. The average molecular weight is 349 g/mol. The summed E-state index contributed by atoms with van der Waals surface area (Å²) in [5.74, 6) is 0.112. The lowest BCUT2D eigenvalue weighted by Gasteiger charge is -2.22. The van der Waals surface area contributed by atoms with Crippen LogP contribution in [0.1, 0.15) is 15.9 Å². The lowest BCUT2D eigenvalue weighted by molar-refractivity contribution is 0.0600. The third kappa shape index (κ3) is 3.35. The zero-order valence-electron chi connectivity index (χ0n) is 13.9. The van der Waals surface area contributed by atoms with Gasteiger partial charge in [-0.15, -0.1) is 0 Å². The number of esters is 1. The molecule has 0 atom stereocenters. The molecule has 24 heavy (non-hydrogen) atoms. The molecule has 6 nitrogen and oxygen atoms in total. The van der Waals surface area contributed by atoms with E-state index in [0.717, 1.165) is 0 Å². The van der Waals surface area contributed by atoms with Crippen LogP contribution >= 0.6 is 0 Å². The van der Waals surface area contributed by atoms with Gasteiger partial charge in [-0.05, 0) is 55.0 Å². The van der Waals surface area contributed by atoms with Gasteiger partial charge in [0.05, 0.1) is 30.4 Å². The molecule has 0 saturated carbocycles. The van der Waals surface area contributed by atoms with Gasteiger partial charge in [0.1, 0.15) is 5.75 Å². The summed E-state index contributed by atoms with van der Waals surface area (Å²) < 4.78 is 36.4. The molecular formula is C17H19NO5S. The van der Waals surface area contributed by atoms with E-state index in [9.17, 15) is 13.2 Å². The Bertz CT molecular complexity index is 844.